The number of aromatic nitrogens is 1. The van der Waals surface area contributed by atoms with Crippen molar-refractivity contribution in [1.29, 1.82) is 0 Å². The SMILES string of the molecule is O=C(CCN1C(=O)c2cccnc2C1=O)Nc1ccc(Cl)c(C(F)(F)F)c1. The number of hydrogen-bond donors (Lipinski definition) is 1. The Hall–Kier alpha value is -2.94. The molecule has 140 valence electrons. The van der Waals surface area contributed by atoms with Crippen LogP contribution in [0.2, 0.25) is 5.02 Å². The van der Waals surface area contributed by atoms with Crippen molar-refractivity contribution >= 4 is 35.0 Å². The van der Waals surface area contributed by atoms with Crippen LogP contribution >= 0.6 is 11.6 Å². The van der Waals surface area contributed by atoms with Crippen molar-refractivity contribution in [2.45, 2.75) is 12.6 Å². The molecular weight excluding hydrogens is 387 g/mol. The number of carbonyl (C=O) groups is 3. The summed E-state index contributed by atoms with van der Waals surface area (Å²) in [7, 11) is 0. The van der Waals surface area contributed by atoms with E-state index in [9.17, 15) is 27.6 Å². The fourth-order valence-electron chi connectivity index (χ4n) is 2.57. The Morgan fingerprint density at radius 2 is 1.93 bits per heavy atom. The highest BCUT2D eigenvalue weighted by Crippen LogP contribution is 2.36. The summed E-state index contributed by atoms with van der Waals surface area (Å²) in [5.74, 6) is -1.84. The van der Waals surface area contributed by atoms with Crippen molar-refractivity contribution in [2.75, 3.05) is 11.9 Å². The van der Waals surface area contributed by atoms with E-state index < -0.39 is 34.5 Å². The molecule has 1 aliphatic heterocycles. The Labute approximate surface area is 155 Å². The first-order valence-electron chi connectivity index (χ1n) is 7.66. The minimum absolute atomic E-state index is 0.00966. The van der Waals surface area contributed by atoms with Crippen LogP contribution in [-0.2, 0) is 11.0 Å². The topological polar surface area (TPSA) is 79.4 Å². The molecule has 27 heavy (non-hydrogen) atoms. The van der Waals surface area contributed by atoms with E-state index in [4.69, 9.17) is 11.6 Å². The summed E-state index contributed by atoms with van der Waals surface area (Å²) < 4.78 is 38.5. The third kappa shape index (κ3) is 3.77. The molecule has 3 rings (SSSR count). The number of nitrogens with one attached hydrogen (secondary N) is 1. The van der Waals surface area contributed by atoms with Gasteiger partial charge in [0, 0.05) is 24.8 Å². The van der Waals surface area contributed by atoms with Gasteiger partial charge in [0.15, 0.2) is 0 Å². The van der Waals surface area contributed by atoms with Crippen LogP contribution < -0.4 is 5.32 Å². The average molecular weight is 398 g/mol. The van der Waals surface area contributed by atoms with Gasteiger partial charge in [0.05, 0.1) is 16.1 Å². The molecule has 1 aromatic carbocycles. The van der Waals surface area contributed by atoms with E-state index in [-0.39, 0.29) is 29.9 Å². The number of imide groups is 1. The summed E-state index contributed by atoms with van der Waals surface area (Å²) in [5.41, 5.74) is -1.01. The third-order valence-electron chi connectivity index (χ3n) is 3.85. The van der Waals surface area contributed by atoms with Gasteiger partial charge in [-0.15, -0.1) is 0 Å². The Kier molecular flexibility index (Phi) is 4.88. The lowest BCUT2D eigenvalue weighted by Crippen LogP contribution is -2.33. The molecule has 0 saturated heterocycles. The number of pyridine rings is 1. The van der Waals surface area contributed by atoms with Gasteiger partial charge in [0.1, 0.15) is 5.69 Å². The van der Waals surface area contributed by atoms with E-state index in [1.165, 1.54) is 24.4 Å². The number of anilines is 1. The molecule has 0 fully saturated rings. The standard InChI is InChI=1S/C17H11ClF3N3O3/c18-12-4-3-9(8-11(12)17(19,20)21)23-13(25)5-7-24-15(26)10-2-1-6-22-14(10)16(24)27/h1-4,6,8H,5,7H2,(H,23,25). The van der Waals surface area contributed by atoms with Crippen LogP contribution in [-0.4, -0.2) is 34.2 Å². The zero-order chi connectivity index (χ0) is 19.8. The largest absolute Gasteiger partial charge is 0.417 e. The quantitative estimate of drug-likeness (QED) is 0.802. The van der Waals surface area contributed by atoms with Crippen molar-refractivity contribution in [1.82, 2.24) is 9.88 Å². The highest BCUT2D eigenvalue weighted by molar-refractivity contribution is 6.31. The van der Waals surface area contributed by atoms with Gasteiger partial charge in [-0.25, -0.2) is 0 Å². The van der Waals surface area contributed by atoms with Gasteiger partial charge in [-0.05, 0) is 30.3 Å². The maximum Gasteiger partial charge on any atom is 0.417 e. The molecule has 3 amide bonds. The highest BCUT2D eigenvalue weighted by Gasteiger charge is 2.36. The van der Waals surface area contributed by atoms with Crippen LogP contribution in [0.5, 0.6) is 0 Å². The smallest absolute Gasteiger partial charge is 0.326 e. The minimum atomic E-state index is -4.66. The second kappa shape index (κ2) is 6.99. The second-order valence-electron chi connectivity index (χ2n) is 5.65. The molecule has 0 aliphatic carbocycles. The van der Waals surface area contributed by atoms with E-state index in [2.05, 4.69) is 10.3 Å². The van der Waals surface area contributed by atoms with Crippen LogP contribution in [0.3, 0.4) is 0 Å². The third-order valence-corrected chi connectivity index (χ3v) is 4.18. The fourth-order valence-corrected chi connectivity index (χ4v) is 2.80. The van der Waals surface area contributed by atoms with Crippen molar-refractivity contribution in [3.63, 3.8) is 0 Å². The van der Waals surface area contributed by atoms with Gasteiger partial charge in [0.25, 0.3) is 11.8 Å². The number of halogens is 4. The minimum Gasteiger partial charge on any atom is -0.326 e. The summed E-state index contributed by atoms with van der Waals surface area (Å²) in [6.45, 7) is -0.223. The number of rotatable bonds is 4. The van der Waals surface area contributed by atoms with Crippen LogP contribution in [0.25, 0.3) is 0 Å². The van der Waals surface area contributed by atoms with Crippen molar-refractivity contribution in [3.8, 4) is 0 Å². The number of alkyl halides is 3. The monoisotopic (exact) mass is 397 g/mol. The zero-order valence-corrected chi connectivity index (χ0v) is 14.3. The molecule has 1 N–H and O–H groups in total. The van der Waals surface area contributed by atoms with Gasteiger partial charge in [-0.2, -0.15) is 13.2 Å². The number of hydrogen-bond acceptors (Lipinski definition) is 4. The van der Waals surface area contributed by atoms with E-state index in [0.717, 1.165) is 11.0 Å². The molecule has 0 spiro atoms. The van der Waals surface area contributed by atoms with Crippen molar-refractivity contribution in [2.24, 2.45) is 0 Å². The number of carbonyl (C=O) groups excluding carboxylic acids is 3. The first-order valence-corrected chi connectivity index (χ1v) is 8.04. The predicted octanol–water partition coefficient (Wildman–Crippen LogP) is 3.38. The molecule has 0 unspecified atom stereocenters. The van der Waals surface area contributed by atoms with Crippen LogP contribution in [0, 0.1) is 0 Å². The summed E-state index contributed by atoms with van der Waals surface area (Å²) in [6, 6.07) is 5.93. The molecule has 0 atom stereocenters. The van der Waals surface area contributed by atoms with Gasteiger partial charge >= 0.3 is 6.18 Å². The molecular formula is C17H11ClF3N3O3. The maximum absolute atomic E-state index is 12.8. The Bertz CT molecular complexity index is 912. The number of benzene rings is 1. The van der Waals surface area contributed by atoms with Gasteiger partial charge in [-0.1, -0.05) is 11.6 Å². The number of fused-ring (bicyclic) bond motifs is 1. The lowest BCUT2D eigenvalue weighted by Gasteiger charge is -2.14. The summed E-state index contributed by atoms with van der Waals surface area (Å²) in [5, 5.41) is 1.81. The van der Waals surface area contributed by atoms with E-state index in [1.54, 1.807) is 0 Å². The van der Waals surface area contributed by atoms with E-state index >= 15 is 0 Å². The Morgan fingerprint density at radius 3 is 2.59 bits per heavy atom. The maximum atomic E-state index is 12.8. The molecule has 6 nitrogen and oxygen atoms in total. The lowest BCUT2D eigenvalue weighted by molar-refractivity contribution is -0.137. The first kappa shape index (κ1) is 18.8. The van der Waals surface area contributed by atoms with Crippen LogP contribution in [0.4, 0.5) is 18.9 Å². The zero-order valence-electron chi connectivity index (χ0n) is 13.5. The van der Waals surface area contributed by atoms with E-state index in [0.29, 0.717) is 6.07 Å². The molecule has 0 saturated carbocycles. The second-order valence-corrected chi connectivity index (χ2v) is 6.06. The predicted molar refractivity (Wildman–Crippen MR) is 89.3 cm³/mol. The number of amides is 3. The normalized spacial score (nSPS) is 13.7. The Morgan fingerprint density at radius 1 is 1.19 bits per heavy atom. The molecule has 2 heterocycles. The molecule has 2 aromatic rings. The van der Waals surface area contributed by atoms with Crippen LogP contribution in [0.1, 0.15) is 32.8 Å². The lowest BCUT2D eigenvalue weighted by atomic mass is 10.2. The summed E-state index contributed by atoms with van der Waals surface area (Å²) >= 11 is 5.52. The molecule has 1 aromatic heterocycles. The molecule has 0 radical (unpaired) electrons. The molecule has 0 bridgehead atoms. The van der Waals surface area contributed by atoms with Crippen molar-refractivity contribution < 1.29 is 27.6 Å². The van der Waals surface area contributed by atoms with E-state index in [1.807, 2.05) is 0 Å². The fraction of sp³-hybridized carbons (Fsp3) is 0.176. The summed E-state index contributed by atoms with van der Waals surface area (Å²) in [4.78, 5) is 41.0. The van der Waals surface area contributed by atoms with Crippen molar-refractivity contribution in [3.05, 3.63) is 58.4 Å². The van der Waals surface area contributed by atoms with Gasteiger partial charge < -0.3 is 5.32 Å². The average Bonchev–Trinajstić information content (AvgIpc) is 2.85. The molecule has 1 aliphatic rings. The van der Waals surface area contributed by atoms with Gasteiger partial charge in [0.2, 0.25) is 5.91 Å². The first-order chi connectivity index (χ1) is 12.7. The Balaban J connectivity index is 1.65. The molecule has 10 heteroatoms. The van der Waals surface area contributed by atoms with Gasteiger partial charge in [-0.3, -0.25) is 24.3 Å². The van der Waals surface area contributed by atoms with Crippen LogP contribution in [0.15, 0.2) is 36.5 Å². The summed E-state index contributed by atoms with van der Waals surface area (Å²) in [6.07, 6.45) is -3.57. The highest BCUT2D eigenvalue weighted by atomic mass is 35.5. The number of nitrogens with zero attached hydrogens (tertiary/aromatic N) is 2.